The van der Waals surface area contributed by atoms with Crippen LogP contribution < -0.4 is 0 Å². The molecule has 5 heteroatoms. The molecule has 1 N–H and O–H groups in total. The van der Waals surface area contributed by atoms with E-state index < -0.39 is 0 Å². The molecular formula is C16H23ClN2O2. The fourth-order valence-electron chi connectivity index (χ4n) is 2.65. The van der Waals surface area contributed by atoms with Gasteiger partial charge in [-0.1, -0.05) is 11.6 Å². The van der Waals surface area contributed by atoms with E-state index in [0.29, 0.717) is 11.4 Å². The Morgan fingerprint density at radius 1 is 1.05 bits per heavy atom. The monoisotopic (exact) mass is 310 g/mol. The summed E-state index contributed by atoms with van der Waals surface area (Å²) in [5.74, 6) is 0.170. The maximum atomic E-state index is 12.1. The molecule has 1 aliphatic rings. The van der Waals surface area contributed by atoms with Gasteiger partial charge in [0.2, 0.25) is 0 Å². The largest absolute Gasteiger partial charge is 0.395 e. The molecule has 0 bridgehead atoms. The second-order valence-corrected chi connectivity index (χ2v) is 5.88. The summed E-state index contributed by atoms with van der Waals surface area (Å²) in [5, 5.41) is 9.64. The summed E-state index contributed by atoms with van der Waals surface area (Å²) in [7, 11) is 0. The van der Waals surface area contributed by atoms with Crippen LogP contribution in [0.2, 0.25) is 5.02 Å². The van der Waals surface area contributed by atoms with Crippen molar-refractivity contribution < 1.29 is 9.90 Å². The molecule has 0 aromatic heterocycles. The first-order valence-corrected chi connectivity index (χ1v) is 7.91. The van der Waals surface area contributed by atoms with Gasteiger partial charge in [0.05, 0.1) is 6.61 Å². The summed E-state index contributed by atoms with van der Waals surface area (Å²) in [6.45, 7) is 5.75. The SMILES string of the molecule is O=C(CCN1CCCN(CCO)CC1)c1ccc(Cl)cc1. The fraction of sp³-hybridized carbons (Fsp3) is 0.562. The van der Waals surface area contributed by atoms with E-state index in [1.807, 2.05) is 0 Å². The van der Waals surface area contributed by atoms with E-state index in [1.165, 1.54) is 0 Å². The molecule has 116 valence electrons. The molecule has 2 rings (SSSR count). The third-order valence-electron chi connectivity index (χ3n) is 3.92. The van der Waals surface area contributed by atoms with Crippen LogP contribution in [-0.4, -0.2) is 66.6 Å². The lowest BCUT2D eigenvalue weighted by molar-refractivity contribution is 0.0964. The van der Waals surface area contributed by atoms with Crippen molar-refractivity contribution in [2.75, 3.05) is 45.9 Å². The van der Waals surface area contributed by atoms with E-state index in [9.17, 15) is 4.79 Å². The van der Waals surface area contributed by atoms with Gasteiger partial charge in [-0.25, -0.2) is 0 Å². The van der Waals surface area contributed by atoms with Gasteiger partial charge in [0.15, 0.2) is 5.78 Å². The zero-order valence-electron chi connectivity index (χ0n) is 12.3. The third-order valence-corrected chi connectivity index (χ3v) is 4.17. The highest BCUT2D eigenvalue weighted by Crippen LogP contribution is 2.12. The van der Waals surface area contributed by atoms with Crippen molar-refractivity contribution in [2.24, 2.45) is 0 Å². The first-order valence-electron chi connectivity index (χ1n) is 7.53. The zero-order chi connectivity index (χ0) is 15.1. The number of carbonyl (C=O) groups excluding carboxylic acids is 1. The quantitative estimate of drug-likeness (QED) is 0.815. The number of aliphatic hydroxyl groups is 1. The molecule has 0 radical (unpaired) electrons. The number of aliphatic hydroxyl groups excluding tert-OH is 1. The molecule has 0 saturated carbocycles. The van der Waals surface area contributed by atoms with Crippen LogP contribution in [0.5, 0.6) is 0 Å². The Hall–Kier alpha value is -0.940. The van der Waals surface area contributed by atoms with Gasteiger partial charge < -0.3 is 10.0 Å². The summed E-state index contributed by atoms with van der Waals surface area (Å²) in [5.41, 5.74) is 0.733. The first-order chi connectivity index (χ1) is 10.2. The number of carbonyl (C=O) groups is 1. The van der Waals surface area contributed by atoms with E-state index in [2.05, 4.69) is 9.80 Å². The molecule has 21 heavy (non-hydrogen) atoms. The zero-order valence-corrected chi connectivity index (χ0v) is 13.1. The molecule has 0 unspecified atom stereocenters. The molecule has 4 nitrogen and oxygen atoms in total. The predicted molar refractivity (Wildman–Crippen MR) is 85.0 cm³/mol. The Kier molecular flexibility index (Phi) is 6.64. The fourth-order valence-corrected chi connectivity index (χ4v) is 2.78. The minimum atomic E-state index is 0.170. The predicted octanol–water partition coefficient (Wildman–Crippen LogP) is 1.91. The van der Waals surface area contributed by atoms with Crippen molar-refractivity contribution in [1.82, 2.24) is 9.80 Å². The minimum absolute atomic E-state index is 0.170. The van der Waals surface area contributed by atoms with Crippen molar-refractivity contribution >= 4 is 17.4 Å². The summed E-state index contributed by atoms with van der Waals surface area (Å²) in [6, 6.07) is 7.09. The highest BCUT2D eigenvalue weighted by molar-refractivity contribution is 6.30. The Morgan fingerprint density at radius 3 is 2.29 bits per heavy atom. The number of hydrogen-bond donors (Lipinski definition) is 1. The number of β-amino-alcohol motifs (C(OH)–C–C–N with tert-alkyl or cyclic N) is 1. The normalized spacial score (nSPS) is 17.6. The number of ketones is 1. The lowest BCUT2D eigenvalue weighted by Gasteiger charge is -2.20. The van der Waals surface area contributed by atoms with Gasteiger partial charge in [0.25, 0.3) is 0 Å². The molecule has 1 heterocycles. The molecule has 1 fully saturated rings. The van der Waals surface area contributed by atoms with Crippen LogP contribution in [0.25, 0.3) is 0 Å². The van der Waals surface area contributed by atoms with E-state index in [-0.39, 0.29) is 12.4 Å². The van der Waals surface area contributed by atoms with Crippen LogP contribution in [-0.2, 0) is 0 Å². The average molecular weight is 311 g/mol. The van der Waals surface area contributed by atoms with E-state index >= 15 is 0 Å². The topological polar surface area (TPSA) is 43.8 Å². The van der Waals surface area contributed by atoms with Crippen LogP contribution in [0, 0.1) is 0 Å². The first kappa shape index (κ1) is 16.4. The van der Waals surface area contributed by atoms with Gasteiger partial charge in [-0.15, -0.1) is 0 Å². The molecule has 1 aromatic carbocycles. The molecule has 1 aliphatic heterocycles. The van der Waals surface area contributed by atoms with Gasteiger partial charge in [0, 0.05) is 43.2 Å². The lowest BCUT2D eigenvalue weighted by Crippen LogP contribution is -2.33. The molecule has 1 aromatic rings. The molecule has 0 atom stereocenters. The summed E-state index contributed by atoms with van der Waals surface area (Å²) < 4.78 is 0. The van der Waals surface area contributed by atoms with Crippen molar-refractivity contribution in [2.45, 2.75) is 12.8 Å². The molecule has 1 saturated heterocycles. The van der Waals surface area contributed by atoms with E-state index in [0.717, 1.165) is 51.3 Å². The van der Waals surface area contributed by atoms with Crippen LogP contribution in [0.4, 0.5) is 0 Å². The van der Waals surface area contributed by atoms with Crippen molar-refractivity contribution in [1.29, 1.82) is 0 Å². The standard InChI is InChI=1S/C16H23ClN2O2/c17-15-4-2-14(3-5-15)16(21)6-9-18-7-1-8-19(11-10-18)12-13-20/h2-5,20H,1,6-13H2. The molecule has 0 spiro atoms. The Morgan fingerprint density at radius 2 is 1.67 bits per heavy atom. The number of hydrogen-bond acceptors (Lipinski definition) is 4. The number of rotatable bonds is 6. The van der Waals surface area contributed by atoms with Gasteiger partial charge in [0.1, 0.15) is 0 Å². The van der Waals surface area contributed by atoms with Crippen LogP contribution >= 0.6 is 11.6 Å². The smallest absolute Gasteiger partial charge is 0.164 e. The van der Waals surface area contributed by atoms with Crippen molar-refractivity contribution in [3.63, 3.8) is 0 Å². The van der Waals surface area contributed by atoms with Crippen molar-refractivity contribution in [3.8, 4) is 0 Å². The van der Waals surface area contributed by atoms with Crippen LogP contribution in [0.1, 0.15) is 23.2 Å². The highest BCUT2D eigenvalue weighted by atomic mass is 35.5. The van der Waals surface area contributed by atoms with E-state index in [4.69, 9.17) is 16.7 Å². The highest BCUT2D eigenvalue weighted by Gasteiger charge is 2.15. The molecule has 0 amide bonds. The summed E-state index contributed by atoms with van der Waals surface area (Å²) in [6.07, 6.45) is 1.64. The minimum Gasteiger partial charge on any atom is -0.395 e. The Balaban J connectivity index is 1.77. The average Bonchev–Trinajstić information content (AvgIpc) is 2.71. The second-order valence-electron chi connectivity index (χ2n) is 5.44. The van der Waals surface area contributed by atoms with Crippen LogP contribution in [0.3, 0.4) is 0 Å². The van der Waals surface area contributed by atoms with Crippen molar-refractivity contribution in [3.05, 3.63) is 34.9 Å². The maximum Gasteiger partial charge on any atom is 0.164 e. The number of benzene rings is 1. The Labute approximate surface area is 131 Å². The van der Waals surface area contributed by atoms with Gasteiger partial charge in [-0.3, -0.25) is 9.69 Å². The number of halogens is 1. The number of nitrogens with zero attached hydrogens (tertiary/aromatic N) is 2. The van der Waals surface area contributed by atoms with Gasteiger partial charge in [-0.05, 0) is 43.8 Å². The van der Waals surface area contributed by atoms with Gasteiger partial charge >= 0.3 is 0 Å². The third kappa shape index (κ3) is 5.40. The Bertz CT molecular complexity index is 450. The maximum absolute atomic E-state index is 12.1. The lowest BCUT2D eigenvalue weighted by atomic mass is 10.1. The summed E-state index contributed by atoms with van der Waals surface area (Å²) in [4.78, 5) is 16.8. The van der Waals surface area contributed by atoms with Crippen LogP contribution in [0.15, 0.2) is 24.3 Å². The molecule has 0 aliphatic carbocycles. The number of Topliss-reactive ketones (excluding diaryl/α,β-unsaturated/α-hetero) is 1. The van der Waals surface area contributed by atoms with E-state index in [1.54, 1.807) is 24.3 Å². The summed E-state index contributed by atoms with van der Waals surface area (Å²) >= 11 is 5.83. The second kappa shape index (κ2) is 8.49. The molecular weight excluding hydrogens is 288 g/mol. The van der Waals surface area contributed by atoms with Gasteiger partial charge in [-0.2, -0.15) is 0 Å².